The van der Waals surface area contributed by atoms with E-state index in [1.54, 1.807) is 13.8 Å². The monoisotopic (exact) mass is 924 g/mol. The maximum absolute atomic E-state index is 12.3. The zero-order valence-corrected chi connectivity index (χ0v) is 34.0. The number of halogens is 5. The van der Waals surface area contributed by atoms with Gasteiger partial charge < -0.3 is 34.1 Å². The van der Waals surface area contributed by atoms with Crippen LogP contribution < -0.4 is 10.5 Å². The van der Waals surface area contributed by atoms with Crippen LogP contribution in [0.4, 0.5) is 13.2 Å². The fraction of sp³-hybridized carbons (Fsp3) is 0.150. The van der Waals surface area contributed by atoms with Crippen LogP contribution >= 0.6 is 31.9 Å². The van der Waals surface area contributed by atoms with Crippen molar-refractivity contribution in [2.75, 3.05) is 0 Å². The second-order valence-corrected chi connectivity index (χ2v) is 14.1. The number of oxazole rings is 2. The number of hydrogen-bond donors (Lipinski definition) is 3. The molecule has 0 aliphatic rings. The van der Waals surface area contributed by atoms with Crippen LogP contribution in [0.3, 0.4) is 0 Å². The largest absolute Gasteiger partial charge is 0.573 e. The Labute approximate surface area is 345 Å². The third kappa shape index (κ3) is 12.4. The molecule has 300 valence electrons. The van der Waals surface area contributed by atoms with E-state index in [1.807, 2.05) is 79.7 Å². The van der Waals surface area contributed by atoms with Crippen molar-refractivity contribution in [3.05, 3.63) is 157 Å². The Balaban J connectivity index is 0.000000191. The minimum absolute atomic E-state index is 0.0733. The Bertz CT molecular complexity index is 2500. The summed E-state index contributed by atoms with van der Waals surface area (Å²) < 4.78 is 58.5. The molecule has 0 unspecified atom stereocenters. The molecule has 13 nitrogen and oxygen atoms in total. The number of benzene rings is 4. The first-order valence-electron chi connectivity index (χ1n) is 17.0. The molecular formula is C40H33Br2F3N6O7. The molecule has 0 aliphatic heterocycles. The van der Waals surface area contributed by atoms with Crippen LogP contribution in [0, 0.1) is 20.8 Å². The van der Waals surface area contributed by atoms with Gasteiger partial charge in [0.05, 0.1) is 11.4 Å². The maximum atomic E-state index is 12.3. The Hall–Kier alpha value is -6.27. The molecule has 0 saturated heterocycles. The van der Waals surface area contributed by atoms with E-state index in [4.69, 9.17) is 29.4 Å². The van der Waals surface area contributed by atoms with Crippen molar-refractivity contribution in [1.29, 1.82) is 0 Å². The molecule has 0 atom stereocenters. The van der Waals surface area contributed by atoms with Gasteiger partial charge in [-0.3, -0.25) is 0 Å². The summed E-state index contributed by atoms with van der Waals surface area (Å²) in [5.41, 5.74) is 11.2. The molecule has 4 N–H and O–H groups in total. The normalized spacial score (nSPS) is 11.3. The van der Waals surface area contributed by atoms with E-state index >= 15 is 0 Å². The highest BCUT2D eigenvalue weighted by atomic mass is 79.9. The molecule has 3 aromatic heterocycles. The second-order valence-electron chi connectivity index (χ2n) is 12.3. The van der Waals surface area contributed by atoms with Gasteiger partial charge in [0.15, 0.2) is 5.84 Å². The lowest BCUT2D eigenvalue weighted by molar-refractivity contribution is -0.274. The smallest absolute Gasteiger partial charge is 0.474 e. The molecule has 0 amide bonds. The van der Waals surface area contributed by atoms with Crippen LogP contribution in [0.5, 0.6) is 5.75 Å². The van der Waals surface area contributed by atoms with E-state index in [0.29, 0.717) is 35.6 Å². The molecule has 0 aliphatic carbocycles. The van der Waals surface area contributed by atoms with E-state index in [9.17, 15) is 18.0 Å². The number of carboxylic acid groups (broad SMARTS) is 1. The second kappa shape index (κ2) is 19.3. The van der Waals surface area contributed by atoms with E-state index in [1.165, 1.54) is 24.3 Å². The lowest BCUT2D eigenvalue weighted by atomic mass is 10.1. The SMILES string of the molecule is Cc1ccc(C(N)=NO)cc1.Cc1oc(-c2nc(-c3ccc(OC(F)(F)F)cc3)no2)nc1Cc1cccc(Br)c1.Cc1oc(C(=O)O)nc1Cc1cccc(Br)c1. The van der Waals surface area contributed by atoms with Crippen molar-refractivity contribution in [3.63, 3.8) is 0 Å². The number of aromatic nitrogens is 4. The number of aromatic carboxylic acids is 1. The zero-order valence-electron chi connectivity index (χ0n) is 30.8. The van der Waals surface area contributed by atoms with Crippen molar-refractivity contribution in [1.82, 2.24) is 20.1 Å². The number of hydrogen-bond acceptors (Lipinski definition) is 11. The van der Waals surface area contributed by atoms with Gasteiger partial charge in [-0.1, -0.05) is 96.3 Å². The Morgan fingerprint density at radius 3 is 1.88 bits per heavy atom. The van der Waals surface area contributed by atoms with Gasteiger partial charge in [0.2, 0.25) is 5.82 Å². The van der Waals surface area contributed by atoms with Crippen LogP contribution in [0.1, 0.15) is 55.8 Å². The maximum Gasteiger partial charge on any atom is 0.573 e. The Morgan fingerprint density at radius 1 is 0.793 bits per heavy atom. The average molecular weight is 927 g/mol. The molecule has 4 aromatic carbocycles. The topological polar surface area (TPSA) is 196 Å². The molecule has 7 aromatic rings. The van der Waals surface area contributed by atoms with Gasteiger partial charge in [-0.25, -0.2) is 14.8 Å². The van der Waals surface area contributed by atoms with Crippen LogP contribution in [0.25, 0.3) is 23.2 Å². The van der Waals surface area contributed by atoms with Gasteiger partial charge in [-0.15, -0.1) is 13.2 Å². The van der Waals surface area contributed by atoms with E-state index in [-0.39, 0.29) is 35.1 Å². The van der Waals surface area contributed by atoms with E-state index < -0.39 is 12.3 Å². The third-order valence-corrected chi connectivity index (χ3v) is 8.89. The van der Waals surface area contributed by atoms with Crippen molar-refractivity contribution in [2.24, 2.45) is 10.9 Å². The number of oxime groups is 1. The van der Waals surface area contributed by atoms with Crippen LogP contribution in [-0.4, -0.2) is 48.6 Å². The first-order chi connectivity index (χ1) is 27.6. The van der Waals surface area contributed by atoms with Crippen molar-refractivity contribution in [3.8, 4) is 28.9 Å². The first-order valence-corrected chi connectivity index (χ1v) is 18.5. The van der Waals surface area contributed by atoms with Crippen molar-refractivity contribution >= 4 is 43.7 Å². The molecule has 0 fully saturated rings. The minimum atomic E-state index is -4.75. The highest BCUT2D eigenvalue weighted by molar-refractivity contribution is 9.10. The lowest BCUT2D eigenvalue weighted by Gasteiger charge is -2.08. The average Bonchev–Trinajstić information content (AvgIpc) is 3.91. The number of carbonyl (C=O) groups is 1. The number of amidine groups is 1. The number of nitrogens with two attached hydrogens (primary N) is 1. The lowest BCUT2D eigenvalue weighted by Crippen LogP contribution is -2.16. The van der Waals surface area contributed by atoms with E-state index in [2.05, 4.69) is 61.9 Å². The van der Waals surface area contributed by atoms with Gasteiger partial charge in [-0.2, -0.15) is 4.98 Å². The molecular weight excluding hydrogens is 893 g/mol. The fourth-order valence-electron chi connectivity index (χ4n) is 5.06. The number of carboxylic acids is 1. The Kier molecular flexibility index (Phi) is 14.2. The highest BCUT2D eigenvalue weighted by Crippen LogP contribution is 2.28. The summed E-state index contributed by atoms with van der Waals surface area (Å²) in [5.74, 6) is 0.00719. The molecule has 7 rings (SSSR count). The van der Waals surface area contributed by atoms with Crippen LogP contribution in [0.15, 0.2) is 125 Å². The number of alkyl halides is 3. The summed E-state index contributed by atoms with van der Waals surface area (Å²) in [5, 5.41) is 23.8. The minimum Gasteiger partial charge on any atom is -0.474 e. The number of aryl methyl sites for hydroxylation is 3. The van der Waals surface area contributed by atoms with Crippen LogP contribution in [0.2, 0.25) is 0 Å². The molecule has 3 heterocycles. The van der Waals surface area contributed by atoms with Gasteiger partial charge in [-0.05, 0) is 80.4 Å². The predicted molar refractivity (Wildman–Crippen MR) is 212 cm³/mol. The standard InChI is InChI=1S/C20H13BrF3N3O3.C12H10BrNO3.C8H10N2O/c1-11-16(10-12-3-2-4-14(21)9-12)25-18(28-11)19-26-17(27-30-19)13-5-7-15(8-6-13)29-20(22,23)24;1-7-10(14-11(17-7)12(15)16)6-8-3-2-4-9(13)5-8;1-6-2-4-7(5-3-6)8(9)10-11/h2-9H,10H2,1H3;2-5H,6H2,1H3,(H,15,16);2-5,11H,1H3,(H2,9,10). The Morgan fingerprint density at radius 2 is 1.36 bits per heavy atom. The quantitative estimate of drug-likeness (QED) is 0.0537. The first kappa shape index (κ1) is 42.9. The fourth-order valence-corrected chi connectivity index (χ4v) is 5.96. The summed E-state index contributed by atoms with van der Waals surface area (Å²) in [6.07, 6.45) is -3.63. The van der Waals surface area contributed by atoms with Crippen molar-refractivity contribution < 1.29 is 46.4 Å². The summed E-state index contributed by atoms with van der Waals surface area (Å²) >= 11 is 6.82. The summed E-state index contributed by atoms with van der Waals surface area (Å²) in [6, 6.07) is 28.2. The zero-order chi connectivity index (χ0) is 42.0. The number of rotatable bonds is 9. The van der Waals surface area contributed by atoms with Gasteiger partial charge in [0.1, 0.15) is 17.3 Å². The van der Waals surface area contributed by atoms with Gasteiger partial charge in [0.25, 0.3) is 5.89 Å². The predicted octanol–water partition coefficient (Wildman–Crippen LogP) is 10.1. The molecule has 0 saturated carbocycles. The van der Waals surface area contributed by atoms with Gasteiger partial charge in [0, 0.05) is 32.9 Å². The molecule has 58 heavy (non-hydrogen) atoms. The molecule has 0 radical (unpaired) electrons. The molecule has 0 spiro atoms. The molecule has 0 bridgehead atoms. The van der Waals surface area contributed by atoms with Gasteiger partial charge >= 0.3 is 24.1 Å². The highest BCUT2D eigenvalue weighted by Gasteiger charge is 2.31. The van der Waals surface area contributed by atoms with E-state index in [0.717, 1.165) is 36.9 Å². The van der Waals surface area contributed by atoms with Crippen LogP contribution in [-0.2, 0) is 12.8 Å². The summed E-state index contributed by atoms with van der Waals surface area (Å²) in [6.45, 7) is 5.49. The number of nitrogens with zero attached hydrogens (tertiary/aromatic N) is 5. The third-order valence-electron chi connectivity index (χ3n) is 7.90. The number of ether oxygens (including phenoxy) is 1. The summed E-state index contributed by atoms with van der Waals surface area (Å²) in [7, 11) is 0. The van der Waals surface area contributed by atoms with Crippen molar-refractivity contribution in [2.45, 2.75) is 40.0 Å². The summed E-state index contributed by atoms with van der Waals surface area (Å²) in [4.78, 5) is 23.3. The molecule has 18 heteroatoms.